The third kappa shape index (κ3) is 5.48. The topological polar surface area (TPSA) is 38.4 Å². The van der Waals surface area contributed by atoms with E-state index in [9.17, 15) is 4.79 Å². The Kier molecular flexibility index (Phi) is 8.36. The monoisotopic (exact) mass is 662 g/mol. The van der Waals surface area contributed by atoms with E-state index >= 15 is 0 Å². The molecule has 3 aromatic carbocycles. The molecule has 0 fully saturated rings. The first-order valence-electron chi connectivity index (χ1n) is 15.7. The predicted octanol–water partition coefficient (Wildman–Crippen LogP) is 7.62. The van der Waals surface area contributed by atoms with Gasteiger partial charge < -0.3 is 9.64 Å². The normalized spacial score (nSPS) is 16.8. The zero-order valence-electron chi connectivity index (χ0n) is 26.7. The molecule has 232 valence electrons. The molecule has 2 aromatic heterocycles. The van der Waals surface area contributed by atoms with E-state index < -0.39 is 0 Å². The molecule has 0 atom stereocenters. The van der Waals surface area contributed by atoms with Crippen LogP contribution in [0.1, 0.15) is 42.5 Å². The zero-order valence-corrected chi connectivity index (χ0v) is 29.1. The highest BCUT2D eigenvalue weighted by Gasteiger charge is 2.24. The molecule has 0 N–H and O–H groups in total. The van der Waals surface area contributed by atoms with Gasteiger partial charge in [-0.1, -0.05) is 53.4 Å². The molecule has 0 aliphatic carbocycles. The van der Waals surface area contributed by atoms with Crippen LogP contribution in [0, 0.1) is 13.8 Å². The maximum absolute atomic E-state index is 13.6. The number of rotatable bonds is 6. The molecular formula is C38H36N3O2S3+. The molecule has 46 heavy (non-hydrogen) atoms. The number of thioether (sulfide) groups is 1. The van der Waals surface area contributed by atoms with E-state index in [1.807, 2.05) is 35.8 Å². The van der Waals surface area contributed by atoms with Gasteiger partial charge in [-0.2, -0.15) is 4.57 Å². The Morgan fingerprint density at radius 3 is 2.48 bits per heavy atom. The van der Waals surface area contributed by atoms with E-state index in [0.717, 1.165) is 55.0 Å². The van der Waals surface area contributed by atoms with Crippen LogP contribution in [0.4, 0.5) is 5.69 Å². The van der Waals surface area contributed by atoms with Crippen LogP contribution < -0.4 is 29.0 Å². The standard InChI is InChI=1S/C38H36N3O2S3/c1-6-39-29-14-10-12-16-32(29)44-35(39)18-17-33-38(42)41(8-3)36(45-33)22-26-21-27(43-31-15-11-9-13-28(26)31)23-37-40(7-2)30-19-24(4)25(5)20-34(30)46-37/h9-23H,6-8H2,1-5H3/q+1/b33-17+,35-18?. The van der Waals surface area contributed by atoms with E-state index in [1.54, 1.807) is 23.1 Å². The second-order valence-electron chi connectivity index (χ2n) is 11.3. The van der Waals surface area contributed by atoms with E-state index in [4.69, 9.17) is 4.74 Å². The molecule has 2 aliphatic heterocycles. The van der Waals surface area contributed by atoms with Gasteiger partial charge in [0.25, 0.3) is 10.6 Å². The summed E-state index contributed by atoms with van der Waals surface area (Å²) in [6.07, 6.45) is 10.5. The molecule has 5 nitrogen and oxygen atoms in total. The molecule has 0 saturated heterocycles. The van der Waals surface area contributed by atoms with Crippen molar-refractivity contribution in [1.82, 2.24) is 4.57 Å². The van der Waals surface area contributed by atoms with Gasteiger partial charge in [-0.3, -0.25) is 9.36 Å². The third-order valence-electron chi connectivity index (χ3n) is 8.51. The lowest BCUT2D eigenvalue weighted by atomic mass is 10.0. The molecule has 0 spiro atoms. The second kappa shape index (κ2) is 12.6. The van der Waals surface area contributed by atoms with Crippen LogP contribution in [0.5, 0.6) is 5.75 Å². The van der Waals surface area contributed by atoms with Gasteiger partial charge in [0.05, 0.1) is 26.0 Å². The van der Waals surface area contributed by atoms with Crippen molar-refractivity contribution in [3.05, 3.63) is 125 Å². The van der Waals surface area contributed by atoms with Gasteiger partial charge >= 0.3 is 0 Å². The van der Waals surface area contributed by atoms with E-state index in [1.165, 1.54) is 43.3 Å². The molecule has 4 heterocycles. The Bertz CT molecular complexity index is 2280. The first kappa shape index (κ1) is 30.5. The average molecular weight is 663 g/mol. The minimum Gasteiger partial charge on any atom is -0.456 e. The summed E-state index contributed by atoms with van der Waals surface area (Å²) in [4.78, 5) is 17.2. The number of nitrogens with zero attached hydrogens (tertiary/aromatic N) is 3. The highest BCUT2D eigenvalue weighted by molar-refractivity contribution is 8.03. The van der Waals surface area contributed by atoms with Crippen molar-refractivity contribution in [1.29, 1.82) is 0 Å². The van der Waals surface area contributed by atoms with Crippen molar-refractivity contribution in [3.63, 3.8) is 0 Å². The van der Waals surface area contributed by atoms with Crippen LogP contribution in [-0.4, -0.2) is 11.1 Å². The molecule has 0 amide bonds. The van der Waals surface area contributed by atoms with Gasteiger partial charge in [-0.25, -0.2) is 0 Å². The maximum Gasteiger partial charge on any atom is 0.269 e. The fraction of sp³-hybridized carbons (Fsp3) is 0.211. The van der Waals surface area contributed by atoms with Crippen LogP contribution in [0.2, 0.25) is 0 Å². The Labute approximate surface area is 281 Å². The third-order valence-corrected chi connectivity index (χ3v) is 11.8. The lowest BCUT2D eigenvalue weighted by molar-refractivity contribution is -0.665. The molecule has 5 aromatic rings. The summed E-state index contributed by atoms with van der Waals surface area (Å²) >= 11 is 5.07. The van der Waals surface area contributed by atoms with Crippen molar-refractivity contribution in [3.8, 4) is 5.75 Å². The minimum atomic E-state index is 0.0377. The first-order chi connectivity index (χ1) is 22.4. The summed E-state index contributed by atoms with van der Waals surface area (Å²) in [5.41, 5.74) is 7.15. The van der Waals surface area contributed by atoms with Crippen LogP contribution in [0.3, 0.4) is 0 Å². The maximum atomic E-state index is 13.6. The highest BCUT2D eigenvalue weighted by Crippen LogP contribution is 2.45. The fourth-order valence-corrected chi connectivity index (χ4v) is 9.46. The van der Waals surface area contributed by atoms with Crippen LogP contribution in [0.25, 0.3) is 34.0 Å². The number of para-hydroxylation sites is 2. The highest BCUT2D eigenvalue weighted by atomic mass is 32.2. The number of fused-ring (bicyclic) bond motifs is 3. The average Bonchev–Trinajstić information content (AvgIpc) is 3.69. The van der Waals surface area contributed by atoms with Crippen molar-refractivity contribution in [2.75, 3.05) is 11.4 Å². The van der Waals surface area contributed by atoms with Crippen molar-refractivity contribution in [2.45, 2.75) is 52.6 Å². The number of hydrogen-bond donors (Lipinski definition) is 0. The minimum absolute atomic E-state index is 0.0377. The summed E-state index contributed by atoms with van der Waals surface area (Å²) in [6, 6.07) is 21.2. The van der Waals surface area contributed by atoms with Gasteiger partial charge in [0.1, 0.15) is 22.8 Å². The number of aryl methyl sites for hydroxylation is 3. The number of benzene rings is 3. The number of hydrogen-bond acceptors (Lipinski definition) is 6. The lowest BCUT2D eigenvalue weighted by Gasteiger charge is -2.18. The summed E-state index contributed by atoms with van der Waals surface area (Å²) in [6.45, 7) is 13.0. The summed E-state index contributed by atoms with van der Waals surface area (Å²) in [7, 11) is 0. The molecular weight excluding hydrogens is 627 g/mol. The summed E-state index contributed by atoms with van der Waals surface area (Å²) in [5.74, 6) is 1.59. The fourth-order valence-electron chi connectivity index (χ4n) is 6.02. The van der Waals surface area contributed by atoms with Crippen LogP contribution in [0.15, 0.2) is 93.3 Å². The largest absolute Gasteiger partial charge is 0.456 e. The van der Waals surface area contributed by atoms with Crippen LogP contribution >= 0.6 is 34.4 Å². The lowest BCUT2D eigenvalue weighted by Crippen LogP contribution is -2.33. The van der Waals surface area contributed by atoms with E-state index in [0.29, 0.717) is 6.54 Å². The van der Waals surface area contributed by atoms with Gasteiger partial charge in [0.15, 0.2) is 0 Å². The van der Waals surface area contributed by atoms with E-state index in [2.05, 4.69) is 104 Å². The number of allylic oxidation sites excluding steroid dienone is 3. The quantitative estimate of drug-likeness (QED) is 0.176. The van der Waals surface area contributed by atoms with Gasteiger partial charge in [-0.05, 0) is 99.9 Å². The van der Waals surface area contributed by atoms with Crippen molar-refractivity contribution in [2.24, 2.45) is 0 Å². The molecule has 7 rings (SSSR count). The Balaban J connectivity index is 1.32. The Hall–Kier alpha value is -4.11. The predicted molar refractivity (Wildman–Crippen MR) is 196 cm³/mol. The summed E-state index contributed by atoms with van der Waals surface area (Å²) in [5, 5.41) is 2.28. The summed E-state index contributed by atoms with van der Waals surface area (Å²) < 4.78 is 13.6. The van der Waals surface area contributed by atoms with Crippen molar-refractivity contribution >= 4 is 74.1 Å². The molecule has 0 unspecified atom stereocenters. The molecule has 0 radical (unpaired) electrons. The van der Waals surface area contributed by atoms with Crippen LogP contribution in [-0.2, 0) is 13.1 Å². The van der Waals surface area contributed by atoms with E-state index in [-0.39, 0.29) is 5.56 Å². The van der Waals surface area contributed by atoms with Gasteiger partial charge in [0.2, 0.25) is 5.52 Å². The molecule has 8 heteroatoms. The molecule has 2 aliphatic rings. The Morgan fingerprint density at radius 1 is 0.891 bits per heavy atom. The Morgan fingerprint density at radius 2 is 1.67 bits per heavy atom. The number of ether oxygens (including phenoxy) is 1. The van der Waals surface area contributed by atoms with Gasteiger partial charge in [-0.15, -0.1) is 11.3 Å². The van der Waals surface area contributed by atoms with Crippen molar-refractivity contribution < 1.29 is 9.30 Å². The molecule has 0 saturated carbocycles. The molecule has 0 bridgehead atoms. The van der Waals surface area contributed by atoms with Gasteiger partial charge in [0, 0.05) is 29.6 Å². The number of aromatic nitrogens is 2. The number of anilines is 1. The smallest absolute Gasteiger partial charge is 0.269 e. The zero-order chi connectivity index (χ0) is 31.9. The first-order valence-corrected chi connectivity index (χ1v) is 18.2. The SMILES string of the molecule is CCN1C(=C/C=c2/sc(=CC3=CC(=Cc4sc5cc(C)c(C)cc5[n+]4CC)Oc4ccccc43)n(CC)c2=O)Sc2ccccc21. The number of thiazole rings is 2. The second-order valence-corrected chi connectivity index (χ2v) is 14.5.